The number of fused-ring (bicyclic) bond motifs is 1. The Hall–Kier alpha value is -6.64. The molecule has 0 fully saturated rings. The summed E-state index contributed by atoms with van der Waals surface area (Å²) >= 11 is 0. The number of benzene rings is 8. The molecule has 0 unspecified atom stereocenters. The molecule has 0 saturated carbocycles. The first-order valence-corrected chi connectivity index (χ1v) is 17.8. The molecule has 0 aliphatic rings. The van der Waals surface area contributed by atoms with E-state index in [0.29, 0.717) is 0 Å². The van der Waals surface area contributed by atoms with Crippen molar-refractivity contribution in [1.29, 1.82) is 0 Å². The number of anilines is 6. The van der Waals surface area contributed by atoms with Gasteiger partial charge >= 0.3 is 0 Å². The van der Waals surface area contributed by atoms with Gasteiger partial charge in [0, 0.05) is 34.1 Å². The van der Waals surface area contributed by atoms with Gasteiger partial charge in [-0.2, -0.15) is 0 Å². The molecule has 2 nitrogen and oxygen atoms in total. The average Bonchev–Trinajstić information content (AvgIpc) is 3.19. The van der Waals surface area contributed by atoms with Crippen molar-refractivity contribution in [2.75, 3.05) is 9.80 Å². The maximum atomic E-state index is 2.36. The van der Waals surface area contributed by atoms with Crippen molar-refractivity contribution in [3.05, 3.63) is 216 Å². The van der Waals surface area contributed by atoms with E-state index < -0.39 is 0 Å². The second-order valence-electron chi connectivity index (χ2n) is 13.3. The summed E-state index contributed by atoms with van der Waals surface area (Å²) in [7, 11) is 0. The number of hydrogen-bond acceptors (Lipinski definition) is 2. The zero-order valence-electron chi connectivity index (χ0n) is 29.5. The molecule has 8 aromatic rings. The minimum atomic E-state index is 1.12. The highest BCUT2D eigenvalue weighted by Gasteiger charge is 2.15. The van der Waals surface area contributed by atoms with Crippen LogP contribution in [0.1, 0.15) is 22.3 Å². The molecule has 0 heterocycles. The number of aryl methyl sites for hydroxylation is 2. The molecule has 0 radical (unpaired) electrons. The summed E-state index contributed by atoms with van der Waals surface area (Å²) in [6.45, 7) is 4.33. The van der Waals surface area contributed by atoms with Crippen LogP contribution in [0.2, 0.25) is 0 Å². The highest BCUT2D eigenvalue weighted by molar-refractivity contribution is 5.89. The molecule has 0 amide bonds. The van der Waals surface area contributed by atoms with Gasteiger partial charge in [-0.25, -0.2) is 0 Å². The third-order valence-electron chi connectivity index (χ3n) is 9.47. The second-order valence-corrected chi connectivity index (χ2v) is 13.3. The lowest BCUT2D eigenvalue weighted by molar-refractivity contribution is 1.26. The standard InChI is InChI=1S/C50H40N2/c1-37-33-38(2)35-50(34-37)52(49-32-27-41-11-9-10-12-44(41)36-49)48-30-25-43(26-31-48)42-23-19-39(20-24-42)17-18-40-21-28-47(29-22-40)51(45-13-5-3-6-14-45)46-15-7-4-8-16-46/h3-36H,1-2H3. The van der Waals surface area contributed by atoms with Crippen LogP contribution in [0.4, 0.5) is 34.1 Å². The van der Waals surface area contributed by atoms with Crippen LogP contribution in [-0.4, -0.2) is 0 Å². The summed E-state index contributed by atoms with van der Waals surface area (Å²) < 4.78 is 0. The Bertz CT molecular complexity index is 2390. The molecular weight excluding hydrogens is 629 g/mol. The van der Waals surface area contributed by atoms with E-state index >= 15 is 0 Å². The van der Waals surface area contributed by atoms with Gasteiger partial charge in [-0.3, -0.25) is 0 Å². The minimum absolute atomic E-state index is 1.12. The number of rotatable bonds is 9. The van der Waals surface area contributed by atoms with E-state index in [-0.39, 0.29) is 0 Å². The topological polar surface area (TPSA) is 6.48 Å². The zero-order valence-corrected chi connectivity index (χ0v) is 29.5. The summed E-state index contributed by atoms with van der Waals surface area (Å²) in [6, 6.07) is 69.5. The van der Waals surface area contributed by atoms with Crippen LogP contribution in [0.3, 0.4) is 0 Å². The third-order valence-corrected chi connectivity index (χ3v) is 9.47. The van der Waals surface area contributed by atoms with Gasteiger partial charge in [-0.1, -0.05) is 133 Å². The van der Waals surface area contributed by atoms with E-state index in [1.807, 2.05) is 0 Å². The van der Waals surface area contributed by atoms with Crippen LogP contribution in [0.15, 0.2) is 194 Å². The van der Waals surface area contributed by atoms with Crippen LogP contribution in [0.5, 0.6) is 0 Å². The fourth-order valence-electron chi connectivity index (χ4n) is 6.96. The van der Waals surface area contributed by atoms with Crippen molar-refractivity contribution in [3.8, 4) is 11.1 Å². The Morgan fingerprint density at radius 2 is 0.712 bits per heavy atom. The lowest BCUT2D eigenvalue weighted by Crippen LogP contribution is -2.10. The van der Waals surface area contributed by atoms with Crippen LogP contribution < -0.4 is 9.80 Å². The Morgan fingerprint density at radius 1 is 0.308 bits per heavy atom. The zero-order chi connectivity index (χ0) is 35.3. The molecule has 0 atom stereocenters. The van der Waals surface area contributed by atoms with Crippen LogP contribution >= 0.6 is 0 Å². The van der Waals surface area contributed by atoms with E-state index in [4.69, 9.17) is 0 Å². The van der Waals surface area contributed by atoms with E-state index in [1.165, 1.54) is 33.0 Å². The fourth-order valence-corrected chi connectivity index (χ4v) is 6.96. The quantitative estimate of drug-likeness (QED) is 0.141. The van der Waals surface area contributed by atoms with E-state index in [1.54, 1.807) is 0 Å². The van der Waals surface area contributed by atoms with Crippen LogP contribution in [0, 0.1) is 13.8 Å². The average molecular weight is 669 g/mol. The van der Waals surface area contributed by atoms with Crippen LogP contribution in [-0.2, 0) is 0 Å². The number of para-hydroxylation sites is 2. The lowest BCUT2D eigenvalue weighted by atomic mass is 10.0. The summed E-state index contributed by atoms with van der Waals surface area (Å²) in [5.41, 5.74) is 14.0. The molecule has 250 valence electrons. The van der Waals surface area contributed by atoms with Gasteiger partial charge in [-0.05, 0) is 131 Å². The molecule has 0 bridgehead atoms. The molecule has 0 aliphatic carbocycles. The van der Waals surface area contributed by atoms with Gasteiger partial charge in [0.25, 0.3) is 0 Å². The molecule has 8 aromatic carbocycles. The van der Waals surface area contributed by atoms with Crippen molar-refractivity contribution < 1.29 is 0 Å². The summed E-state index contributed by atoms with van der Waals surface area (Å²) in [5.74, 6) is 0. The molecule has 8 rings (SSSR count). The molecule has 2 heteroatoms. The first-order chi connectivity index (χ1) is 25.6. The van der Waals surface area contributed by atoms with Crippen molar-refractivity contribution in [3.63, 3.8) is 0 Å². The second kappa shape index (κ2) is 14.7. The van der Waals surface area contributed by atoms with Gasteiger partial charge in [0.2, 0.25) is 0 Å². The Balaban J connectivity index is 1.01. The normalized spacial score (nSPS) is 11.2. The molecular formula is C50H40N2. The summed E-state index contributed by atoms with van der Waals surface area (Å²) in [5, 5.41) is 2.47. The Morgan fingerprint density at radius 3 is 1.27 bits per heavy atom. The van der Waals surface area contributed by atoms with Crippen molar-refractivity contribution in [1.82, 2.24) is 0 Å². The predicted molar refractivity (Wildman–Crippen MR) is 224 cm³/mol. The van der Waals surface area contributed by atoms with E-state index in [9.17, 15) is 0 Å². The van der Waals surface area contributed by atoms with Gasteiger partial charge in [0.15, 0.2) is 0 Å². The minimum Gasteiger partial charge on any atom is -0.311 e. The maximum Gasteiger partial charge on any atom is 0.0468 e. The van der Waals surface area contributed by atoms with Gasteiger partial charge in [0.05, 0.1) is 0 Å². The van der Waals surface area contributed by atoms with Gasteiger partial charge in [-0.15, -0.1) is 0 Å². The summed E-state index contributed by atoms with van der Waals surface area (Å²) in [6.07, 6.45) is 4.36. The Kier molecular flexibility index (Phi) is 9.19. The van der Waals surface area contributed by atoms with Crippen molar-refractivity contribution in [2.45, 2.75) is 13.8 Å². The van der Waals surface area contributed by atoms with Gasteiger partial charge in [0.1, 0.15) is 0 Å². The fraction of sp³-hybridized carbons (Fsp3) is 0.0400. The van der Waals surface area contributed by atoms with Crippen molar-refractivity contribution >= 4 is 57.0 Å². The van der Waals surface area contributed by atoms with E-state index in [0.717, 1.165) is 45.3 Å². The summed E-state index contributed by atoms with van der Waals surface area (Å²) in [4.78, 5) is 4.64. The van der Waals surface area contributed by atoms with Crippen molar-refractivity contribution in [2.24, 2.45) is 0 Å². The monoisotopic (exact) mass is 668 g/mol. The largest absolute Gasteiger partial charge is 0.311 e. The molecule has 0 aliphatic heterocycles. The third kappa shape index (κ3) is 7.14. The molecule has 0 aromatic heterocycles. The number of hydrogen-bond donors (Lipinski definition) is 0. The highest BCUT2D eigenvalue weighted by atomic mass is 15.1. The SMILES string of the molecule is Cc1cc(C)cc(N(c2ccc(-c3ccc(C=Cc4ccc(N(c5ccccc5)c5ccccc5)cc4)cc3)cc2)c2ccc3ccccc3c2)c1. The first-order valence-electron chi connectivity index (χ1n) is 17.8. The Labute approximate surface area is 307 Å². The first kappa shape index (κ1) is 32.6. The van der Waals surface area contributed by atoms with Crippen LogP contribution in [0.25, 0.3) is 34.1 Å². The lowest BCUT2D eigenvalue weighted by Gasteiger charge is -2.27. The number of nitrogens with zero attached hydrogens (tertiary/aromatic N) is 2. The molecule has 0 saturated heterocycles. The highest BCUT2D eigenvalue weighted by Crippen LogP contribution is 2.38. The maximum absolute atomic E-state index is 2.36. The van der Waals surface area contributed by atoms with E-state index in [2.05, 4.69) is 230 Å². The molecule has 52 heavy (non-hydrogen) atoms. The van der Waals surface area contributed by atoms with Gasteiger partial charge < -0.3 is 9.80 Å². The molecule has 0 N–H and O–H groups in total. The smallest absolute Gasteiger partial charge is 0.0468 e. The molecule has 0 spiro atoms. The predicted octanol–water partition coefficient (Wildman–Crippen LogP) is 14.2.